The number of halogens is 6. The number of nitrogens with one attached hydrogen (secondary N) is 2. The number of alkyl halides is 6. The monoisotopic (exact) mass is 650 g/mol. The number of hydrogen-bond acceptors (Lipinski definition) is 5. The minimum absolute atomic E-state index is 0.0934. The molecule has 242 valence electrons. The summed E-state index contributed by atoms with van der Waals surface area (Å²) in [5, 5.41) is 0. The number of hydrogen-bond donors (Lipinski definition) is 2. The van der Waals surface area contributed by atoms with E-state index in [-0.39, 0.29) is 17.4 Å². The second-order valence-corrected chi connectivity index (χ2v) is 11.6. The van der Waals surface area contributed by atoms with Gasteiger partial charge in [0.05, 0.1) is 33.2 Å². The third-order valence-electron chi connectivity index (χ3n) is 8.27. The average Bonchev–Trinajstić information content (AvgIpc) is 3.67. The fourth-order valence-electron chi connectivity index (χ4n) is 5.67. The van der Waals surface area contributed by atoms with Crippen LogP contribution in [0.1, 0.15) is 16.7 Å². The second-order valence-electron chi connectivity index (χ2n) is 11.6. The first-order valence-corrected chi connectivity index (χ1v) is 14.8. The summed E-state index contributed by atoms with van der Waals surface area (Å²) in [5.74, 6) is 1.59. The van der Waals surface area contributed by atoms with Crippen LogP contribution in [-0.4, -0.2) is 58.1 Å². The summed E-state index contributed by atoms with van der Waals surface area (Å²) in [6, 6.07) is 20.1. The number of ether oxygens (including phenoxy) is 1. The van der Waals surface area contributed by atoms with Crippen LogP contribution in [0.5, 0.6) is 5.75 Å². The maximum Gasteiger partial charge on any atom is 0.416 e. The Morgan fingerprint density at radius 2 is 1.21 bits per heavy atom. The molecule has 0 atom stereocenters. The molecule has 0 saturated carbocycles. The number of piperazine rings is 1. The molecule has 47 heavy (non-hydrogen) atoms. The van der Waals surface area contributed by atoms with E-state index in [9.17, 15) is 26.3 Å². The average molecular weight is 651 g/mol. The third kappa shape index (κ3) is 6.48. The Morgan fingerprint density at radius 1 is 0.660 bits per heavy atom. The highest BCUT2D eigenvalue weighted by Crippen LogP contribution is 2.37. The van der Waals surface area contributed by atoms with E-state index in [1.54, 1.807) is 24.3 Å². The lowest BCUT2D eigenvalue weighted by atomic mass is 10.1. The van der Waals surface area contributed by atoms with Gasteiger partial charge >= 0.3 is 12.4 Å². The van der Waals surface area contributed by atoms with Gasteiger partial charge in [0.1, 0.15) is 24.0 Å². The molecule has 1 aliphatic rings. The molecule has 0 bridgehead atoms. The van der Waals surface area contributed by atoms with E-state index < -0.39 is 30.1 Å². The van der Waals surface area contributed by atoms with Crippen LogP contribution in [0.3, 0.4) is 0 Å². The van der Waals surface area contributed by atoms with Crippen molar-refractivity contribution < 1.29 is 31.1 Å². The number of imidazole rings is 2. The summed E-state index contributed by atoms with van der Waals surface area (Å²) in [6.45, 7) is 3.52. The third-order valence-corrected chi connectivity index (χ3v) is 8.27. The van der Waals surface area contributed by atoms with E-state index in [0.29, 0.717) is 23.5 Å². The lowest BCUT2D eigenvalue weighted by Gasteiger charge is -2.34. The second kappa shape index (κ2) is 11.6. The fourth-order valence-corrected chi connectivity index (χ4v) is 5.67. The van der Waals surface area contributed by atoms with Gasteiger partial charge in [0.15, 0.2) is 0 Å². The van der Waals surface area contributed by atoms with E-state index in [2.05, 4.69) is 43.9 Å². The van der Waals surface area contributed by atoms with Crippen LogP contribution in [0.15, 0.2) is 78.9 Å². The molecule has 3 heterocycles. The zero-order valence-corrected chi connectivity index (χ0v) is 25.0. The highest BCUT2D eigenvalue weighted by atomic mass is 19.4. The van der Waals surface area contributed by atoms with Crippen molar-refractivity contribution in [3.63, 3.8) is 0 Å². The Balaban J connectivity index is 1.07. The van der Waals surface area contributed by atoms with Crippen molar-refractivity contribution in [2.45, 2.75) is 19.0 Å². The van der Waals surface area contributed by atoms with Crippen LogP contribution in [-0.2, 0) is 19.0 Å². The summed E-state index contributed by atoms with van der Waals surface area (Å²) in [5.41, 5.74) is 3.11. The van der Waals surface area contributed by atoms with Gasteiger partial charge in [-0.25, -0.2) is 9.97 Å². The number of aromatic amines is 2. The first kappa shape index (κ1) is 30.6. The van der Waals surface area contributed by atoms with Gasteiger partial charge in [0, 0.05) is 43.0 Å². The predicted molar refractivity (Wildman–Crippen MR) is 167 cm³/mol. The van der Waals surface area contributed by atoms with Crippen molar-refractivity contribution in [3.05, 3.63) is 95.6 Å². The maximum absolute atomic E-state index is 13.2. The SMILES string of the molecule is CN1CCN(c2ccc3nc(-c4ccc5nc(-c6ccc(OCc7cc(C(F)(F)F)cc(C(F)(F)F)c7)cc6)[nH]c5c4)[nH]c3c2)CC1. The van der Waals surface area contributed by atoms with Gasteiger partial charge in [-0.2, -0.15) is 26.3 Å². The van der Waals surface area contributed by atoms with Gasteiger partial charge in [-0.05, 0) is 91.5 Å². The Kier molecular flexibility index (Phi) is 7.58. The smallest absolute Gasteiger partial charge is 0.416 e. The highest BCUT2D eigenvalue weighted by molar-refractivity contribution is 5.87. The molecule has 0 unspecified atom stereocenters. The van der Waals surface area contributed by atoms with Crippen molar-refractivity contribution >= 4 is 27.8 Å². The molecule has 7 nitrogen and oxygen atoms in total. The van der Waals surface area contributed by atoms with E-state index >= 15 is 0 Å². The molecular formula is C34H28F6N6O. The van der Waals surface area contributed by atoms with Crippen LogP contribution in [0.4, 0.5) is 32.0 Å². The number of aromatic nitrogens is 4. The summed E-state index contributed by atoms with van der Waals surface area (Å²) in [7, 11) is 2.13. The first-order valence-electron chi connectivity index (χ1n) is 14.8. The molecule has 7 rings (SSSR count). The minimum Gasteiger partial charge on any atom is -0.489 e. The van der Waals surface area contributed by atoms with Crippen LogP contribution in [0.2, 0.25) is 0 Å². The van der Waals surface area contributed by atoms with Gasteiger partial charge in [-0.1, -0.05) is 0 Å². The topological polar surface area (TPSA) is 73.1 Å². The minimum atomic E-state index is -4.92. The summed E-state index contributed by atoms with van der Waals surface area (Å²) in [6.07, 6.45) is -9.85. The number of benzene rings is 4. The van der Waals surface area contributed by atoms with Gasteiger partial charge in [0.2, 0.25) is 0 Å². The molecule has 6 aromatic rings. The molecule has 4 aromatic carbocycles. The Labute approximate surface area is 264 Å². The Morgan fingerprint density at radius 3 is 1.83 bits per heavy atom. The van der Waals surface area contributed by atoms with E-state index in [1.807, 2.05) is 24.3 Å². The number of likely N-dealkylation sites (N-methyl/N-ethyl adjacent to an activating group) is 1. The molecule has 13 heteroatoms. The number of fused-ring (bicyclic) bond motifs is 2. The first-order chi connectivity index (χ1) is 22.4. The number of nitrogens with zero attached hydrogens (tertiary/aromatic N) is 4. The Hall–Kier alpha value is -5.04. The molecular weight excluding hydrogens is 622 g/mol. The molecule has 2 N–H and O–H groups in total. The molecule has 2 aromatic heterocycles. The van der Waals surface area contributed by atoms with Crippen molar-refractivity contribution in [2.24, 2.45) is 0 Å². The van der Waals surface area contributed by atoms with Crippen LogP contribution >= 0.6 is 0 Å². The van der Waals surface area contributed by atoms with Gasteiger partial charge in [0.25, 0.3) is 0 Å². The molecule has 0 radical (unpaired) electrons. The van der Waals surface area contributed by atoms with Crippen LogP contribution in [0.25, 0.3) is 44.8 Å². The molecule has 0 aliphatic carbocycles. The quantitative estimate of drug-likeness (QED) is 0.178. The molecule has 1 saturated heterocycles. The van der Waals surface area contributed by atoms with E-state index in [0.717, 1.165) is 65.3 Å². The van der Waals surface area contributed by atoms with Crippen LogP contribution < -0.4 is 9.64 Å². The Bertz CT molecular complexity index is 2020. The van der Waals surface area contributed by atoms with E-state index in [4.69, 9.17) is 9.72 Å². The van der Waals surface area contributed by atoms with Crippen LogP contribution in [0, 0.1) is 0 Å². The number of anilines is 1. The predicted octanol–water partition coefficient (Wildman–Crippen LogP) is 8.14. The summed E-state index contributed by atoms with van der Waals surface area (Å²) in [4.78, 5) is 20.9. The van der Waals surface area contributed by atoms with Gasteiger partial charge in [-0.15, -0.1) is 0 Å². The standard InChI is InChI=1S/C34H28F6N6O/c1-45-10-12-46(13-11-45)25-5-9-28-30(18-25)44-32(42-28)22-4-8-27-29(16-22)43-31(41-27)21-2-6-26(7-3-21)47-19-20-14-23(33(35,36)37)17-24(15-20)34(38,39)40/h2-9,14-18H,10-13,19H2,1H3,(H,41,43)(H,42,44). The van der Waals surface area contributed by atoms with Gasteiger partial charge in [-0.3, -0.25) is 0 Å². The van der Waals surface area contributed by atoms with E-state index in [1.165, 1.54) is 0 Å². The zero-order valence-electron chi connectivity index (χ0n) is 25.0. The maximum atomic E-state index is 13.2. The largest absolute Gasteiger partial charge is 0.489 e. The van der Waals surface area contributed by atoms with Crippen molar-refractivity contribution in [1.82, 2.24) is 24.8 Å². The lowest BCUT2D eigenvalue weighted by Crippen LogP contribution is -2.44. The highest BCUT2D eigenvalue weighted by Gasteiger charge is 2.37. The molecule has 1 fully saturated rings. The lowest BCUT2D eigenvalue weighted by molar-refractivity contribution is -0.143. The van der Waals surface area contributed by atoms with Gasteiger partial charge < -0.3 is 24.5 Å². The normalized spacial score (nSPS) is 14.7. The number of H-pyrrole nitrogens is 2. The van der Waals surface area contributed by atoms with Crippen molar-refractivity contribution in [2.75, 3.05) is 38.1 Å². The zero-order chi connectivity index (χ0) is 32.9. The van der Waals surface area contributed by atoms with Crippen molar-refractivity contribution in [3.8, 4) is 28.5 Å². The molecule has 0 spiro atoms. The molecule has 1 aliphatic heterocycles. The molecule has 0 amide bonds. The summed E-state index contributed by atoms with van der Waals surface area (Å²) < 4.78 is 84.7. The van der Waals surface area contributed by atoms with Crippen molar-refractivity contribution in [1.29, 1.82) is 0 Å². The number of rotatable bonds is 6. The summed E-state index contributed by atoms with van der Waals surface area (Å²) >= 11 is 0. The fraction of sp³-hybridized carbons (Fsp3) is 0.235.